The van der Waals surface area contributed by atoms with E-state index >= 15 is 0 Å². The summed E-state index contributed by atoms with van der Waals surface area (Å²) in [5.74, 6) is -0.903. The van der Waals surface area contributed by atoms with Crippen LogP contribution in [0, 0.1) is 11.6 Å². The molecular weight excluding hydrogens is 297 g/mol. The van der Waals surface area contributed by atoms with Gasteiger partial charge in [-0.3, -0.25) is 0 Å². The van der Waals surface area contributed by atoms with Crippen LogP contribution in [0.15, 0.2) is 18.2 Å². The van der Waals surface area contributed by atoms with E-state index in [1.54, 1.807) is 0 Å². The second-order valence-electron chi connectivity index (χ2n) is 4.62. The molecule has 0 radical (unpaired) electrons. The lowest BCUT2D eigenvalue weighted by Crippen LogP contribution is -2.66. The Morgan fingerprint density at radius 1 is 1.00 bits per heavy atom. The Hall–Kier alpha value is -0.190. The van der Waals surface area contributed by atoms with Crippen molar-refractivity contribution in [2.45, 2.75) is 28.1 Å². The Morgan fingerprint density at radius 3 is 1.93 bits per heavy atom. The smallest absolute Gasteiger partial charge is 0.126 e. The summed E-state index contributed by atoms with van der Waals surface area (Å²) in [4.78, 5) is 0. The predicted molar refractivity (Wildman–Crippen MR) is 58.6 cm³/mol. The first-order valence-corrected chi connectivity index (χ1v) is 5.75. The fourth-order valence-corrected chi connectivity index (χ4v) is 5.02. The van der Waals surface area contributed by atoms with Crippen LogP contribution < -0.4 is 0 Å². The van der Waals surface area contributed by atoms with Crippen molar-refractivity contribution in [3.63, 3.8) is 0 Å². The molecule has 0 aliphatic heterocycles. The van der Waals surface area contributed by atoms with Crippen LogP contribution in [-0.2, 0) is 5.41 Å². The van der Waals surface area contributed by atoms with Gasteiger partial charge in [0.25, 0.3) is 0 Å². The van der Waals surface area contributed by atoms with Crippen molar-refractivity contribution in [2.24, 2.45) is 0 Å². The molecular formula is C11H9F2I. The molecule has 0 aromatic heterocycles. The zero-order chi connectivity index (χ0) is 9.97. The van der Waals surface area contributed by atoms with E-state index in [1.807, 2.05) is 0 Å². The molecule has 3 aliphatic rings. The van der Waals surface area contributed by atoms with Gasteiger partial charge in [0, 0.05) is 9.49 Å². The molecule has 3 fully saturated rings. The fourth-order valence-electron chi connectivity index (χ4n) is 2.83. The lowest BCUT2D eigenvalue weighted by Gasteiger charge is -2.68. The van der Waals surface area contributed by atoms with Crippen LogP contribution in [0.4, 0.5) is 8.78 Å². The minimum atomic E-state index is -0.452. The van der Waals surface area contributed by atoms with Gasteiger partial charge in [-0.1, -0.05) is 22.6 Å². The van der Waals surface area contributed by atoms with Gasteiger partial charge in [-0.15, -0.1) is 0 Å². The highest BCUT2D eigenvalue weighted by Gasteiger charge is 2.67. The molecule has 0 saturated heterocycles. The second kappa shape index (κ2) is 2.49. The quantitative estimate of drug-likeness (QED) is 0.549. The van der Waals surface area contributed by atoms with Crippen molar-refractivity contribution in [3.8, 4) is 0 Å². The highest BCUT2D eigenvalue weighted by Crippen LogP contribution is 2.72. The molecule has 0 amide bonds. The number of benzene rings is 1. The summed E-state index contributed by atoms with van der Waals surface area (Å²) in [6.07, 6.45) is 3.26. The zero-order valence-corrected chi connectivity index (χ0v) is 9.64. The summed E-state index contributed by atoms with van der Waals surface area (Å²) in [5, 5.41) is 0. The standard InChI is InChI=1S/C11H9F2I/c12-8-1-7(2-9(13)3-8)10-4-11(14,5-10)6-10/h1-3H,4-6H2. The molecule has 0 N–H and O–H groups in total. The van der Waals surface area contributed by atoms with Crippen LogP contribution in [0.5, 0.6) is 0 Å². The first-order chi connectivity index (χ1) is 6.51. The molecule has 0 heterocycles. The number of hydrogen-bond acceptors (Lipinski definition) is 0. The van der Waals surface area contributed by atoms with Gasteiger partial charge in [0.05, 0.1) is 0 Å². The van der Waals surface area contributed by atoms with Crippen molar-refractivity contribution in [1.82, 2.24) is 0 Å². The Kier molecular flexibility index (Phi) is 1.61. The molecule has 14 heavy (non-hydrogen) atoms. The highest BCUT2D eigenvalue weighted by atomic mass is 127. The summed E-state index contributed by atoms with van der Waals surface area (Å²) in [6, 6.07) is 3.91. The van der Waals surface area contributed by atoms with Gasteiger partial charge in [0.2, 0.25) is 0 Å². The average Bonchev–Trinajstić information content (AvgIpc) is 1.94. The first-order valence-electron chi connectivity index (χ1n) is 4.67. The molecule has 0 nitrogen and oxygen atoms in total. The van der Waals surface area contributed by atoms with Crippen molar-refractivity contribution in [2.75, 3.05) is 0 Å². The Labute approximate surface area is 94.8 Å². The Bertz CT molecular complexity index is 374. The molecule has 3 saturated carbocycles. The molecule has 2 bridgehead atoms. The molecule has 0 atom stereocenters. The van der Waals surface area contributed by atoms with Crippen LogP contribution in [0.3, 0.4) is 0 Å². The highest BCUT2D eigenvalue weighted by molar-refractivity contribution is 14.1. The van der Waals surface area contributed by atoms with Crippen LogP contribution in [0.1, 0.15) is 24.8 Å². The molecule has 1 aromatic carbocycles. The largest absolute Gasteiger partial charge is 0.207 e. The maximum atomic E-state index is 13.0. The summed E-state index contributed by atoms with van der Waals surface area (Å²) in [6.45, 7) is 0. The predicted octanol–water partition coefficient (Wildman–Crippen LogP) is 3.57. The minimum Gasteiger partial charge on any atom is -0.207 e. The number of halogens is 3. The van der Waals surface area contributed by atoms with E-state index < -0.39 is 11.6 Å². The van der Waals surface area contributed by atoms with Crippen molar-refractivity contribution in [1.29, 1.82) is 0 Å². The third kappa shape index (κ3) is 1.08. The van der Waals surface area contributed by atoms with Crippen LogP contribution in [0.2, 0.25) is 0 Å². The van der Waals surface area contributed by atoms with Gasteiger partial charge >= 0.3 is 0 Å². The fraction of sp³-hybridized carbons (Fsp3) is 0.455. The molecule has 4 rings (SSSR count). The van der Waals surface area contributed by atoms with Gasteiger partial charge in [-0.2, -0.15) is 0 Å². The Balaban J connectivity index is 1.98. The van der Waals surface area contributed by atoms with Crippen molar-refractivity contribution >= 4 is 22.6 Å². The van der Waals surface area contributed by atoms with Crippen molar-refractivity contribution in [3.05, 3.63) is 35.4 Å². The normalized spacial score (nSPS) is 38.8. The van der Waals surface area contributed by atoms with Crippen LogP contribution in [0.25, 0.3) is 0 Å². The third-order valence-electron chi connectivity index (χ3n) is 3.44. The first kappa shape index (κ1) is 9.07. The molecule has 74 valence electrons. The van der Waals surface area contributed by atoms with E-state index in [2.05, 4.69) is 22.6 Å². The monoisotopic (exact) mass is 306 g/mol. The maximum absolute atomic E-state index is 13.0. The molecule has 3 heteroatoms. The van der Waals surface area contributed by atoms with E-state index in [0.29, 0.717) is 3.42 Å². The molecule has 1 aromatic rings. The summed E-state index contributed by atoms with van der Waals surface area (Å²) >= 11 is 2.46. The van der Waals surface area contributed by atoms with Crippen LogP contribution >= 0.6 is 22.6 Å². The number of rotatable bonds is 1. The van der Waals surface area contributed by atoms with Gasteiger partial charge in [0.15, 0.2) is 0 Å². The topological polar surface area (TPSA) is 0 Å². The van der Waals surface area contributed by atoms with E-state index in [-0.39, 0.29) is 5.41 Å². The van der Waals surface area contributed by atoms with E-state index in [9.17, 15) is 8.78 Å². The molecule has 3 aliphatic carbocycles. The van der Waals surface area contributed by atoms with E-state index in [1.165, 1.54) is 12.1 Å². The summed E-state index contributed by atoms with van der Waals surface area (Å²) in [5.41, 5.74) is 0.970. The molecule has 0 spiro atoms. The van der Waals surface area contributed by atoms with Crippen LogP contribution in [-0.4, -0.2) is 3.42 Å². The SMILES string of the molecule is Fc1cc(F)cc(C23CC(I)(C2)C3)c1. The lowest BCUT2D eigenvalue weighted by molar-refractivity contribution is 0.0215. The summed E-state index contributed by atoms with van der Waals surface area (Å²) in [7, 11) is 0. The minimum absolute atomic E-state index is 0.115. The lowest BCUT2D eigenvalue weighted by atomic mass is 9.42. The van der Waals surface area contributed by atoms with Crippen molar-refractivity contribution < 1.29 is 8.78 Å². The average molecular weight is 306 g/mol. The van der Waals surface area contributed by atoms with Gasteiger partial charge in [-0.25, -0.2) is 8.78 Å². The van der Waals surface area contributed by atoms with Gasteiger partial charge < -0.3 is 0 Å². The molecule has 0 unspecified atom stereocenters. The summed E-state index contributed by atoms with van der Waals surface area (Å²) < 4.78 is 26.4. The van der Waals surface area contributed by atoms with E-state index in [0.717, 1.165) is 30.9 Å². The van der Waals surface area contributed by atoms with Gasteiger partial charge in [0.1, 0.15) is 11.6 Å². The third-order valence-corrected chi connectivity index (χ3v) is 4.58. The Morgan fingerprint density at radius 2 is 1.50 bits per heavy atom. The second-order valence-corrected chi connectivity index (χ2v) is 6.91. The maximum Gasteiger partial charge on any atom is 0.126 e. The van der Waals surface area contributed by atoms with E-state index in [4.69, 9.17) is 0 Å². The number of hydrogen-bond donors (Lipinski definition) is 0. The zero-order valence-electron chi connectivity index (χ0n) is 7.49. The number of alkyl halides is 1. The van der Waals surface area contributed by atoms with Gasteiger partial charge in [-0.05, 0) is 42.4 Å².